The van der Waals surface area contributed by atoms with Gasteiger partial charge in [-0.15, -0.1) is 0 Å². The van der Waals surface area contributed by atoms with Gasteiger partial charge in [-0.25, -0.2) is 0 Å². The van der Waals surface area contributed by atoms with Gasteiger partial charge in [0, 0.05) is 9.82 Å². The average molecular weight is 142 g/mol. The highest BCUT2D eigenvalue weighted by molar-refractivity contribution is 4.68. The van der Waals surface area contributed by atoms with E-state index in [0.29, 0.717) is 0 Å². The van der Waals surface area contributed by atoms with Crippen molar-refractivity contribution in [2.45, 2.75) is 19.2 Å². The summed E-state index contributed by atoms with van der Waals surface area (Å²) < 4.78 is 0. The number of aliphatic hydroxyl groups is 1. The molecule has 0 radical (unpaired) electrons. The Morgan fingerprint density at radius 3 is 2.20 bits per heavy atom. The Labute approximate surface area is 56.5 Å². The lowest BCUT2D eigenvalue weighted by Gasteiger charge is -2.04. The Morgan fingerprint density at radius 1 is 1.30 bits per heavy atom. The average Bonchev–Trinajstić information content (AvgIpc) is 1.89. The molecule has 0 bridgehead atoms. The minimum absolute atomic E-state index is 0.721. The molecule has 0 spiro atoms. The highest BCUT2D eigenvalue weighted by Gasteiger charge is 2.08. The van der Waals surface area contributed by atoms with Gasteiger partial charge in [-0.2, -0.15) is 0 Å². The highest BCUT2D eigenvalue weighted by Crippen LogP contribution is 1.99. The molecule has 0 aliphatic rings. The van der Waals surface area contributed by atoms with E-state index < -0.39 is 12.3 Å². The van der Waals surface area contributed by atoms with E-state index in [1.165, 1.54) is 6.92 Å². The molecule has 0 aromatic carbocycles. The van der Waals surface area contributed by atoms with E-state index in [1.807, 2.05) is 0 Å². The Hall–Kier alpha value is -1.42. The zero-order valence-electron chi connectivity index (χ0n) is 5.29. The molecule has 0 aromatic heterocycles. The monoisotopic (exact) mass is 142 g/mol. The van der Waals surface area contributed by atoms with Crippen molar-refractivity contribution in [2.75, 3.05) is 0 Å². The molecule has 10 heavy (non-hydrogen) atoms. The van der Waals surface area contributed by atoms with Crippen molar-refractivity contribution in [3.63, 3.8) is 0 Å². The third-order valence-electron chi connectivity index (χ3n) is 0.835. The summed E-state index contributed by atoms with van der Waals surface area (Å²) in [7, 11) is 0. The molecule has 1 N–H and O–H groups in total. The first-order valence-electron chi connectivity index (χ1n) is 2.49. The first kappa shape index (κ1) is 8.58. The molecule has 7 heteroatoms. The summed E-state index contributed by atoms with van der Waals surface area (Å²) >= 11 is 0. The van der Waals surface area contributed by atoms with Crippen LogP contribution in [-0.2, 0) is 0 Å². The van der Waals surface area contributed by atoms with Crippen LogP contribution in [0.25, 0.3) is 20.9 Å². The van der Waals surface area contributed by atoms with Gasteiger partial charge in [-0.1, -0.05) is 17.2 Å². The van der Waals surface area contributed by atoms with E-state index in [4.69, 9.17) is 16.2 Å². The highest BCUT2D eigenvalue weighted by atomic mass is 16.3. The van der Waals surface area contributed by atoms with Gasteiger partial charge in [0.2, 0.25) is 0 Å². The van der Waals surface area contributed by atoms with Crippen LogP contribution in [-0.4, -0.2) is 17.4 Å². The molecule has 0 aliphatic heterocycles. The van der Waals surface area contributed by atoms with Crippen LogP contribution in [0.4, 0.5) is 0 Å². The number of rotatable bonds is 3. The van der Waals surface area contributed by atoms with Gasteiger partial charge in [0.05, 0.1) is 6.04 Å². The van der Waals surface area contributed by atoms with Crippen molar-refractivity contribution >= 4 is 0 Å². The van der Waals surface area contributed by atoms with Crippen LogP contribution >= 0.6 is 0 Å². The molecule has 0 heterocycles. The van der Waals surface area contributed by atoms with Crippen LogP contribution in [0.3, 0.4) is 0 Å². The summed E-state index contributed by atoms with van der Waals surface area (Å²) in [4.78, 5) is 4.75. The Kier molecular flexibility index (Phi) is 3.83. The minimum Gasteiger partial charge on any atom is -0.387 e. The maximum Gasteiger partial charge on any atom is 0.141 e. The molecule has 0 saturated carbocycles. The summed E-state index contributed by atoms with van der Waals surface area (Å²) in [5.74, 6) is 0. The second-order valence-corrected chi connectivity index (χ2v) is 1.56. The third kappa shape index (κ3) is 2.78. The van der Waals surface area contributed by atoms with Crippen LogP contribution in [0.5, 0.6) is 0 Å². The summed E-state index contributed by atoms with van der Waals surface area (Å²) in [5, 5.41) is 14.8. The molecule has 54 valence electrons. The van der Waals surface area contributed by atoms with Crippen LogP contribution in [0.15, 0.2) is 10.2 Å². The first-order chi connectivity index (χ1) is 4.72. The third-order valence-corrected chi connectivity index (χ3v) is 0.835. The van der Waals surface area contributed by atoms with Crippen LogP contribution in [0.1, 0.15) is 6.92 Å². The number of hydrogen-bond acceptors (Lipinski definition) is 3. The quantitative estimate of drug-likeness (QED) is 0.356. The van der Waals surface area contributed by atoms with E-state index in [-0.39, 0.29) is 0 Å². The van der Waals surface area contributed by atoms with Crippen molar-refractivity contribution in [1.29, 1.82) is 0 Å². The van der Waals surface area contributed by atoms with E-state index in [0.717, 1.165) is 0 Å². The molecule has 7 nitrogen and oxygen atoms in total. The molecule has 0 aliphatic carbocycles. The van der Waals surface area contributed by atoms with Crippen molar-refractivity contribution in [1.82, 2.24) is 0 Å². The lowest BCUT2D eigenvalue weighted by atomic mass is 10.3. The molecule has 0 aromatic rings. The zero-order valence-corrected chi connectivity index (χ0v) is 5.29. The molecule has 2 atom stereocenters. The number of azide groups is 2. The number of aliphatic hydroxyl groups excluding tert-OH is 1. The van der Waals surface area contributed by atoms with Crippen LogP contribution in [0.2, 0.25) is 0 Å². The van der Waals surface area contributed by atoms with Crippen LogP contribution < -0.4 is 0 Å². The topological polar surface area (TPSA) is 118 Å². The predicted molar refractivity (Wildman–Crippen MR) is 33.8 cm³/mol. The molecule has 0 rings (SSSR count). The maximum absolute atomic E-state index is 8.76. The van der Waals surface area contributed by atoms with Gasteiger partial charge < -0.3 is 5.11 Å². The minimum atomic E-state index is -1.28. The molecule has 0 saturated heterocycles. The number of nitrogens with zero attached hydrogens (tertiary/aromatic N) is 6. The molecule has 0 amide bonds. The predicted octanol–water partition coefficient (Wildman–Crippen LogP) is 1.31. The first-order valence-corrected chi connectivity index (χ1v) is 2.49. The second kappa shape index (κ2) is 4.46. The van der Waals surface area contributed by atoms with Gasteiger partial charge in [-0.05, 0) is 11.1 Å². The van der Waals surface area contributed by atoms with Gasteiger partial charge in [0.15, 0.2) is 0 Å². The van der Waals surface area contributed by atoms with Crippen molar-refractivity contribution in [3.8, 4) is 0 Å². The molecule has 2 unspecified atom stereocenters. The van der Waals surface area contributed by atoms with Crippen LogP contribution in [0, 0.1) is 0 Å². The summed E-state index contributed by atoms with van der Waals surface area (Å²) in [6.45, 7) is 1.44. The smallest absolute Gasteiger partial charge is 0.141 e. The van der Waals surface area contributed by atoms with Gasteiger partial charge >= 0.3 is 0 Å². The fraction of sp³-hybridized carbons (Fsp3) is 1.00. The van der Waals surface area contributed by atoms with Crippen molar-refractivity contribution in [3.05, 3.63) is 20.9 Å². The summed E-state index contributed by atoms with van der Waals surface area (Å²) in [5.41, 5.74) is 15.7. The summed E-state index contributed by atoms with van der Waals surface area (Å²) in [6.07, 6.45) is -1.28. The maximum atomic E-state index is 8.76. The summed E-state index contributed by atoms with van der Waals surface area (Å²) in [6, 6.07) is -0.721. The normalized spacial score (nSPS) is 14.2. The molecular formula is C3H6N6O. The van der Waals surface area contributed by atoms with Gasteiger partial charge in [0.1, 0.15) is 6.23 Å². The lowest BCUT2D eigenvalue weighted by molar-refractivity contribution is 0.158. The molecular weight excluding hydrogens is 136 g/mol. The Morgan fingerprint density at radius 2 is 1.80 bits per heavy atom. The fourth-order valence-electron chi connectivity index (χ4n) is 0.290. The SMILES string of the molecule is CC(N=[N+]=[N-])C(O)N=[N+]=[N-]. The largest absolute Gasteiger partial charge is 0.387 e. The Bertz CT molecular complexity index is 167. The standard InChI is InChI=1S/C3H6N6O/c1-2(6-8-4)3(10)7-9-5/h2-3,10H,1H3. The Balaban J connectivity index is 4.05. The van der Waals surface area contributed by atoms with E-state index >= 15 is 0 Å². The lowest BCUT2D eigenvalue weighted by Crippen LogP contribution is -2.16. The molecule has 0 fully saturated rings. The van der Waals surface area contributed by atoms with E-state index in [1.54, 1.807) is 0 Å². The van der Waals surface area contributed by atoms with E-state index in [2.05, 4.69) is 20.1 Å². The zero-order chi connectivity index (χ0) is 7.98. The van der Waals surface area contributed by atoms with Crippen molar-refractivity contribution in [2.24, 2.45) is 10.2 Å². The van der Waals surface area contributed by atoms with E-state index in [9.17, 15) is 0 Å². The second-order valence-electron chi connectivity index (χ2n) is 1.56. The van der Waals surface area contributed by atoms with Crippen molar-refractivity contribution < 1.29 is 5.11 Å². The van der Waals surface area contributed by atoms with Gasteiger partial charge in [-0.3, -0.25) is 0 Å². The van der Waals surface area contributed by atoms with Gasteiger partial charge in [0.25, 0.3) is 0 Å². The fourth-order valence-corrected chi connectivity index (χ4v) is 0.290. The number of hydrogen-bond donors (Lipinski definition) is 1.